The quantitative estimate of drug-likeness (QED) is 0.773. The Hall–Kier alpha value is -2.92. The van der Waals surface area contributed by atoms with Crippen LogP contribution in [0.2, 0.25) is 5.02 Å². The van der Waals surface area contributed by atoms with Crippen LogP contribution < -0.4 is 10.2 Å². The monoisotopic (exact) mass is 350 g/mol. The maximum absolute atomic E-state index is 12.9. The zero-order valence-electron chi connectivity index (χ0n) is 13.3. The van der Waals surface area contributed by atoms with Crippen LogP contribution in [-0.2, 0) is 6.42 Å². The summed E-state index contributed by atoms with van der Waals surface area (Å²) in [5, 5.41) is 3.69. The second kappa shape index (κ2) is 6.53. The number of hydrogen-bond donors (Lipinski definition) is 1. The van der Waals surface area contributed by atoms with Crippen LogP contribution in [0.15, 0.2) is 60.8 Å². The van der Waals surface area contributed by atoms with E-state index in [-0.39, 0.29) is 5.91 Å². The average molecular weight is 351 g/mol. The van der Waals surface area contributed by atoms with E-state index in [0.29, 0.717) is 23.2 Å². The molecular formula is C19H15ClN4O. The number of amides is 1. The molecule has 1 aliphatic heterocycles. The molecule has 0 bridgehead atoms. The van der Waals surface area contributed by atoms with Crippen LogP contribution in [0, 0.1) is 0 Å². The Labute approximate surface area is 150 Å². The van der Waals surface area contributed by atoms with E-state index in [9.17, 15) is 4.79 Å². The molecule has 2 aromatic carbocycles. The fraction of sp³-hybridized carbons (Fsp3) is 0.105. The Balaban J connectivity index is 1.58. The van der Waals surface area contributed by atoms with Crippen molar-refractivity contribution in [2.24, 2.45) is 0 Å². The molecule has 2 heterocycles. The van der Waals surface area contributed by atoms with Crippen molar-refractivity contribution in [1.29, 1.82) is 0 Å². The van der Waals surface area contributed by atoms with Crippen LogP contribution in [0.3, 0.4) is 0 Å². The van der Waals surface area contributed by atoms with Gasteiger partial charge in [-0.25, -0.2) is 9.97 Å². The van der Waals surface area contributed by atoms with E-state index < -0.39 is 0 Å². The van der Waals surface area contributed by atoms with Gasteiger partial charge in [0.1, 0.15) is 5.69 Å². The molecule has 1 aromatic heterocycles. The molecule has 5 nitrogen and oxygen atoms in total. The lowest BCUT2D eigenvalue weighted by molar-refractivity contribution is 0.0984. The second-order valence-corrected chi connectivity index (χ2v) is 6.17. The van der Waals surface area contributed by atoms with Crippen LogP contribution in [0.1, 0.15) is 16.1 Å². The molecule has 1 amide bonds. The number of carbonyl (C=O) groups excluding carboxylic acids is 1. The van der Waals surface area contributed by atoms with Gasteiger partial charge in [0.05, 0.1) is 0 Å². The summed E-state index contributed by atoms with van der Waals surface area (Å²) < 4.78 is 0. The smallest absolute Gasteiger partial charge is 0.277 e. The molecule has 6 heteroatoms. The number of rotatable bonds is 3. The molecule has 1 aliphatic rings. The summed E-state index contributed by atoms with van der Waals surface area (Å²) in [6.45, 7) is 0.666. The predicted octanol–water partition coefficient (Wildman–Crippen LogP) is 4.08. The third-order valence-corrected chi connectivity index (χ3v) is 4.32. The Morgan fingerprint density at radius 1 is 1.12 bits per heavy atom. The van der Waals surface area contributed by atoms with Crippen molar-refractivity contribution in [3.63, 3.8) is 0 Å². The van der Waals surface area contributed by atoms with E-state index in [1.807, 2.05) is 30.3 Å². The molecular weight excluding hydrogens is 336 g/mol. The Kier molecular flexibility index (Phi) is 4.07. The summed E-state index contributed by atoms with van der Waals surface area (Å²) in [7, 11) is 0. The lowest BCUT2D eigenvalue weighted by atomic mass is 10.2. The lowest BCUT2D eigenvalue weighted by Crippen LogP contribution is -2.29. The van der Waals surface area contributed by atoms with Gasteiger partial charge in [-0.3, -0.25) is 4.79 Å². The molecule has 25 heavy (non-hydrogen) atoms. The fourth-order valence-electron chi connectivity index (χ4n) is 2.92. The van der Waals surface area contributed by atoms with Gasteiger partial charge in [-0.1, -0.05) is 35.9 Å². The number of nitrogens with zero attached hydrogens (tertiary/aromatic N) is 3. The topological polar surface area (TPSA) is 58.1 Å². The maximum atomic E-state index is 12.9. The number of nitrogens with one attached hydrogen (secondary N) is 1. The number of aromatic nitrogens is 2. The fourth-order valence-corrected chi connectivity index (χ4v) is 3.11. The molecule has 0 aliphatic carbocycles. The van der Waals surface area contributed by atoms with Gasteiger partial charge in [-0.15, -0.1) is 0 Å². The first-order valence-corrected chi connectivity index (χ1v) is 8.34. The van der Waals surface area contributed by atoms with Gasteiger partial charge < -0.3 is 10.2 Å². The minimum Gasteiger partial charge on any atom is -0.324 e. The number of benzene rings is 2. The number of anilines is 3. The van der Waals surface area contributed by atoms with Crippen LogP contribution in [0.4, 0.5) is 17.3 Å². The van der Waals surface area contributed by atoms with E-state index in [4.69, 9.17) is 11.6 Å². The van der Waals surface area contributed by atoms with Crippen molar-refractivity contribution in [1.82, 2.24) is 9.97 Å². The number of halogens is 1. The van der Waals surface area contributed by atoms with Gasteiger partial charge in [0.2, 0.25) is 5.95 Å². The molecule has 1 N–H and O–H groups in total. The first-order chi connectivity index (χ1) is 12.2. The van der Waals surface area contributed by atoms with Crippen molar-refractivity contribution in [2.45, 2.75) is 6.42 Å². The van der Waals surface area contributed by atoms with Crippen molar-refractivity contribution in [2.75, 3.05) is 16.8 Å². The molecule has 0 saturated heterocycles. The van der Waals surface area contributed by atoms with Crippen molar-refractivity contribution in [3.05, 3.63) is 77.1 Å². The Bertz CT molecular complexity index is 944. The highest BCUT2D eigenvalue weighted by Gasteiger charge is 2.26. The number of hydrogen-bond acceptors (Lipinski definition) is 4. The van der Waals surface area contributed by atoms with Gasteiger partial charge >= 0.3 is 0 Å². The summed E-state index contributed by atoms with van der Waals surface area (Å²) in [6, 6.07) is 16.8. The molecule has 124 valence electrons. The Morgan fingerprint density at radius 2 is 2.00 bits per heavy atom. The molecule has 3 aromatic rings. The van der Waals surface area contributed by atoms with Gasteiger partial charge in [-0.2, -0.15) is 0 Å². The van der Waals surface area contributed by atoms with Gasteiger partial charge in [0.25, 0.3) is 5.91 Å². The normalized spacial score (nSPS) is 12.8. The minimum absolute atomic E-state index is 0.124. The van der Waals surface area contributed by atoms with E-state index >= 15 is 0 Å². The lowest BCUT2D eigenvalue weighted by Gasteiger charge is -2.17. The summed E-state index contributed by atoms with van der Waals surface area (Å²) in [5.74, 6) is 0.238. The first kappa shape index (κ1) is 15.6. The third kappa shape index (κ3) is 3.19. The van der Waals surface area contributed by atoms with Gasteiger partial charge in [0, 0.05) is 29.1 Å². The Morgan fingerprint density at radius 3 is 2.88 bits per heavy atom. The molecule has 4 rings (SSSR count). The SMILES string of the molecule is O=C(c1ccnc(Nc2cccc(Cl)c2)n1)N1CCc2ccccc21. The third-order valence-electron chi connectivity index (χ3n) is 4.09. The first-order valence-electron chi connectivity index (χ1n) is 7.96. The number of para-hydroxylation sites is 1. The highest BCUT2D eigenvalue weighted by molar-refractivity contribution is 6.30. The standard InChI is InChI=1S/C19H15ClN4O/c20-14-5-3-6-15(12-14)22-19-21-10-8-16(23-19)18(25)24-11-9-13-4-1-2-7-17(13)24/h1-8,10,12H,9,11H2,(H,21,22,23). The van der Waals surface area contributed by atoms with Crippen LogP contribution in [-0.4, -0.2) is 22.4 Å². The molecule has 0 spiro atoms. The zero-order chi connectivity index (χ0) is 17.2. The maximum Gasteiger partial charge on any atom is 0.277 e. The minimum atomic E-state index is -0.124. The average Bonchev–Trinajstić information content (AvgIpc) is 3.05. The summed E-state index contributed by atoms with van der Waals surface area (Å²) in [5.41, 5.74) is 3.26. The summed E-state index contributed by atoms with van der Waals surface area (Å²) in [6.07, 6.45) is 2.44. The van der Waals surface area contributed by atoms with Gasteiger partial charge in [0.15, 0.2) is 0 Å². The summed E-state index contributed by atoms with van der Waals surface area (Å²) in [4.78, 5) is 23.2. The van der Waals surface area contributed by atoms with Crippen molar-refractivity contribution >= 4 is 34.8 Å². The largest absolute Gasteiger partial charge is 0.324 e. The van der Waals surface area contributed by atoms with E-state index in [2.05, 4.69) is 21.4 Å². The highest BCUT2D eigenvalue weighted by atomic mass is 35.5. The van der Waals surface area contributed by atoms with E-state index in [1.165, 1.54) is 5.56 Å². The zero-order valence-corrected chi connectivity index (χ0v) is 14.1. The molecule has 0 atom stereocenters. The van der Waals surface area contributed by atoms with Gasteiger partial charge in [-0.05, 0) is 42.3 Å². The molecule has 0 radical (unpaired) electrons. The van der Waals surface area contributed by atoms with E-state index in [0.717, 1.165) is 17.8 Å². The molecule has 0 fully saturated rings. The summed E-state index contributed by atoms with van der Waals surface area (Å²) >= 11 is 5.99. The molecule has 0 unspecified atom stereocenters. The van der Waals surface area contributed by atoms with Crippen LogP contribution in [0.5, 0.6) is 0 Å². The van der Waals surface area contributed by atoms with Crippen LogP contribution in [0.25, 0.3) is 0 Å². The predicted molar refractivity (Wildman–Crippen MR) is 98.6 cm³/mol. The van der Waals surface area contributed by atoms with Crippen molar-refractivity contribution in [3.8, 4) is 0 Å². The van der Waals surface area contributed by atoms with E-state index in [1.54, 1.807) is 29.3 Å². The number of fused-ring (bicyclic) bond motifs is 1. The molecule has 0 saturated carbocycles. The highest BCUT2D eigenvalue weighted by Crippen LogP contribution is 2.28. The second-order valence-electron chi connectivity index (χ2n) is 5.74. The van der Waals surface area contributed by atoms with Crippen LogP contribution >= 0.6 is 11.6 Å². The van der Waals surface area contributed by atoms with Crippen molar-refractivity contribution < 1.29 is 4.79 Å². The number of carbonyl (C=O) groups is 1.